The van der Waals surface area contributed by atoms with Crippen molar-refractivity contribution in [3.63, 3.8) is 0 Å². The number of hydrogen-bond donors (Lipinski definition) is 0. The van der Waals surface area contributed by atoms with Gasteiger partial charge in [0.1, 0.15) is 5.75 Å². The Labute approximate surface area is 149 Å². The third-order valence-corrected chi connectivity index (χ3v) is 3.98. The first-order chi connectivity index (χ1) is 12.8. The normalized spacial score (nSPS) is 11.9. The van der Waals surface area contributed by atoms with Crippen molar-refractivity contribution in [1.82, 2.24) is 30.0 Å². The van der Waals surface area contributed by atoms with Gasteiger partial charge in [-0.25, -0.2) is 0 Å². The maximum absolute atomic E-state index is 13.1. The van der Waals surface area contributed by atoms with E-state index in [1.165, 1.54) is 6.39 Å². The van der Waals surface area contributed by atoms with Gasteiger partial charge < -0.3 is 9.15 Å². The highest BCUT2D eigenvalue weighted by molar-refractivity contribution is 5.55. The third kappa shape index (κ3) is 2.96. The molecule has 0 aliphatic rings. The van der Waals surface area contributed by atoms with Crippen LogP contribution in [0.1, 0.15) is 17.0 Å². The van der Waals surface area contributed by atoms with Crippen LogP contribution < -0.4 is 4.74 Å². The summed E-state index contributed by atoms with van der Waals surface area (Å²) in [7, 11) is 0. The highest BCUT2D eigenvalue weighted by atomic mass is 19.4. The van der Waals surface area contributed by atoms with Crippen LogP contribution in [0.25, 0.3) is 17.1 Å². The minimum atomic E-state index is -4.68. The van der Waals surface area contributed by atoms with Gasteiger partial charge in [-0.3, -0.25) is 0 Å². The highest BCUT2D eigenvalue weighted by Crippen LogP contribution is 2.32. The molecule has 0 unspecified atom stereocenters. The maximum Gasteiger partial charge on any atom is 0.453 e. The smallest absolute Gasteiger partial charge is 0.437 e. The molecule has 11 heteroatoms. The van der Waals surface area contributed by atoms with E-state index in [9.17, 15) is 13.2 Å². The van der Waals surface area contributed by atoms with Crippen molar-refractivity contribution in [2.45, 2.75) is 20.0 Å². The van der Waals surface area contributed by atoms with E-state index in [0.717, 1.165) is 0 Å². The minimum absolute atomic E-state index is 0.0239. The van der Waals surface area contributed by atoms with Gasteiger partial charge in [-0.2, -0.15) is 17.7 Å². The Morgan fingerprint density at radius 2 is 1.74 bits per heavy atom. The predicted octanol–water partition coefficient (Wildman–Crippen LogP) is 3.60. The van der Waals surface area contributed by atoms with Crippen molar-refractivity contribution >= 4 is 5.65 Å². The van der Waals surface area contributed by atoms with E-state index in [-0.39, 0.29) is 11.5 Å². The zero-order valence-electron chi connectivity index (χ0n) is 14.0. The number of hydrogen-bond acceptors (Lipinski definition) is 7. The summed E-state index contributed by atoms with van der Waals surface area (Å²) in [5.74, 6) is -0.463. The standard InChI is InChI=1S/C16H11F3N6O2/c1-8-9(2)13(24-25-12(8)21-23-15(25)16(17,18)19)27-11-5-3-10(4-6-11)14-22-20-7-26-14/h3-7H,1-2H3. The summed E-state index contributed by atoms with van der Waals surface area (Å²) in [6.45, 7) is 3.32. The molecular formula is C16H11F3N6O2. The van der Waals surface area contributed by atoms with Crippen LogP contribution in [-0.2, 0) is 6.18 Å². The fourth-order valence-electron chi connectivity index (χ4n) is 2.45. The second-order valence-electron chi connectivity index (χ2n) is 5.68. The van der Waals surface area contributed by atoms with Crippen LogP contribution in [0.3, 0.4) is 0 Å². The summed E-state index contributed by atoms with van der Waals surface area (Å²) < 4.78 is 50.7. The van der Waals surface area contributed by atoms with Gasteiger partial charge in [0, 0.05) is 16.7 Å². The molecule has 0 amide bonds. The number of rotatable bonds is 3. The molecule has 0 saturated heterocycles. The van der Waals surface area contributed by atoms with Gasteiger partial charge in [-0.05, 0) is 38.1 Å². The SMILES string of the molecule is Cc1c(Oc2ccc(-c3nnco3)cc2)nn2c(C(F)(F)F)nnc2c1C. The molecule has 4 rings (SSSR count). The van der Waals surface area contributed by atoms with E-state index in [4.69, 9.17) is 9.15 Å². The number of aryl methyl sites for hydroxylation is 1. The zero-order chi connectivity index (χ0) is 19.2. The Balaban J connectivity index is 1.72. The zero-order valence-corrected chi connectivity index (χ0v) is 14.0. The molecule has 0 bridgehead atoms. The first-order valence-corrected chi connectivity index (χ1v) is 7.69. The first-order valence-electron chi connectivity index (χ1n) is 7.69. The van der Waals surface area contributed by atoms with Crippen molar-refractivity contribution in [2.75, 3.05) is 0 Å². The molecule has 8 nitrogen and oxygen atoms in total. The summed E-state index contributed by atoms with van der Waals surface area (Å²) in [5.41, 5.74) is 1.75. The molecule has 1 aromatic carbocycles. The lowest BCUT2D eigenvalue weighted by Crippen LogP contribution is -2.13. The lowest BCUT2D eigenvalue weighted by molar-refractivity contribution is -0.146. The van der Waals surface area contributed by atoms with E-state index < -0.39 is 12.0 Å². The van der Waals surface area contributed by atoms with Crippen LogP contribution in [0.15, 0.2) is 35.1 Å². The van der Waals surface area contributed by atoms with Crippen LogP contribution in [0.2, 0.25) is 0 Å². The third-order valence-electron chi connectivity index (χ3n) is 3.98. The van der Waals surface area contributed by atoms with Crippen molar-refractivity contribution in [3.05, 3.63) is 47.6 Å². The Bertz CT molecular complexity index is 1100. The van der Waals surface area contributed by atoms with E-state index in [1.807, 2.05) is 0 Å². The van der Waals surface area contributed by atoms with E-state index in [2.05, 4.69) is 25.5 Å². The summed E-state index contributed by atoms with van der Waals surface area (Å²) in [5, 5.41) is 18.1. The largest absolute Gasteiger partial charge is 0.453 e. The molecule has 3 aromatic heterocycles. The fourth-order valence-corrected chi connectivity index (χ4v) is 2.45. The monoisotopic (exact) mass is 376 g/mol. The summed E-state index contributed by atoms with van der Waals surface area (Å²) in [4.78, 5) is 0. The molecule has 0 N–H and O–H groups in total. The lowest BCUT2D eigenvalue weighted by Gasteiger charge is -2.11. The van der Waals surface area contributed by atoms with Gasteiger partial charge in [0.05, 0.1) is 0 Å². The van der Waals surface area contributed by atoms with E-state index in [0.29, 0.717) is 32.8 Å². The average molecular weight is 376 g/mol. The molecule has 0 saturated carbocycles. The highest BCUT2D eigenvalue weighted by Gasteiger charge is 2.38. The topological polar surface area (TPSA) is 91.2 Å². The lowest BCUT2D eigenvalue weighted by atomic mass is 10.2. The number of nitrogens with zero attached hydrogens (tertiary/aromatic N) is 6. The fraction of sp³-hybridized carbons (Fsp3) is 0.188. The Morgan fingerprint density at radius 3 is 2.37 bits per heavy atom. The van der Waals surface area contributed by atoms with Gasteiger partial charge >= 0.3 is 6.18 Å². The molecular weight excluding hydrogens is 365 g/mol. The Kier molecular flexibility index (Phi) is 3.79. The quantitative estimate of drug-likeness (QED) is 0.539. The van der Waals surface area contributed by atoms with Crippen molar-refractivity contribution in [3.8, 4) is 23.1 Å². The molecule has 138 valence electrons. The number of benzene rings is 1. The molecule has 27 heavy (non-hydrogen) atoms. The van der Waals surface area contributed by atoms with Crippen LogP contribution in [-0.4, -0.2) is 30.0 Å². The van der Waals surface area contributed by atoms with Crippen LogP contribution >= 0.6 is 0 Å². The summed E-state index contributed by atoms with van der Waals surface area (Å²) in [6, 6.07) is 6.61. The molecule has 0 spiro atoms. The van der Waals surface area contributed by atoms with Crippen LogP contribution in [0, 0.1) is 13.8 Å². The van der Waals surface area contributed by atoms with Crippen molar-refractivity contribution in [2.24, 2.45) is 0 Å². The van der Waals surface area contributed by atoms with E-state index >= 15 is 0 Å². The molecule has 0 aliphatic carbocycles. The number of fused-ring (bicyclic) bond motifs is 1. The second kappa shape index (κ2) is 6.04. The number of alkyl halides is 3. The van der Waals surface area contributed by atoms with Crippen molar-refractivity contribution < 1.29 is 22.3 Å². The first kappa shape index (κ1) is 16.9. The second-order valence-corrected chi connectivity index (χ2v) is 5.68. The minimum Gasteiger partial charge on any atom is -0.437 e. The number of halogens is 3. The van der Waals surface area contributed by atoms with Gasteiger partial charge in [0.2, 0.25) is 18.2 Å². The molecule has 4 aromatic rings. The van der Waals surface area contributed by atoms with E-state index in [1.54, 1.807) is 38.1 Å². The van der Waals surface area contributed by atoms with Crippen molar-refractivity contribution in [1.29, 1.82) is 0 Å². The molecule has 0 atom stereocenters. The maximum atomic E-state index is 13.1. The average Bonchev–Trinajstić information content (AvgIpc) is 3.29. The predicted molar refractivity (Wildman–Crippen MR) is 85.1 cm³/mol. The van der Waals surface area contributed by atoms with Gasteiger partial charge in [-0.15, -0.1) is 25.5 Å². The Morgan fingerprint density at radius 1 is 1.00 bits per heavy atom. The Hall–Kier alpha value is -3.50. The van der Waals surface area contributed by atoms with Gasteiger partial charge in [0.25, 0.3) is 5.82 Å². The molecule has 0 radical (unpaired) electrons. The number of aromatic nitrogens is 6. The molecule has 3 heterocycles. The molecule has 0 fully saturated rings. The number of ether oxygens (including phenoxy) is 1. The van der Waals surface area contributed by atoms with Gasteiger partial charge in [0.15, 0.2) is 5.65 Å². The van der Waals surface area contributed by atoms with Crippen LogP contribution in [0.4, 0.5) is 13.2 Å². The summed E-state index contributed by atoms with van der Waals surface area (Å²) in [6.07, 6.45) is -3.47. The summed E-state index contributed by atoms with van der Waals surface area (Å²) >= 11 is 0. The van der Waals surface area contributed by atoms with Gasteiger partial charge in [-0.1, -0.05) is 0 Å². The van der Waals surface area contributed by atoms with Crippen LogP contribution in [0.5, 0.6) is 11.6 Å². The molecule has 0 aliphatic heterocycles.